The summed E-state index contributed by atoms with van der Waals surface area (Å²) in [5, 5.41) is 4.57. The van der Waals surface area contributed by atoms with Gasteiger partial charge in [-0.2, -0.15) is 5.10 Å². The van der Waals surface area contributed by atoms with Crippen molar-refractivity contribution in [2.75, 3.05) is 18.8 Å². The smallest absolute Gasteiger partial charge is 0.235 e. The highest BCUT2D eigenvalue weighted by Gasteiger charge is 2.25. The standard InChI is InChI=1S/C28H30N4O2S/c33-27(30-17-13-24(14-18-30)19-23-9-3-1-4-10-23)22-35(34)21-25-20-29-32(26-11-5-2-6-12-26)28(25)31-15-7-8-16-31/h1-12,15-16,20,24H,13-14,17-19,21-22H2/t35-/m0/s1. The molecule has 6 nitrogen and oxygen atoms in total. The van der Waals surface area contributed by atoms with Crippen molar-refractivity contribution in [2.24, 2.45) is 5.92 Å². The molecule has 0 N–H and O–H groups in total. The second-order valence-corrected chi connectivity index (χ2v) is 10.5. The lowest BCUT2D eigenvalue weighted by Crippen LogP contribution is -2.41. The van der Waals surface area contributed by atoms with Gasteiger partial charge in [0.15, 0.2) is 0 Å². The largest absolute Gasteiger partial charge is 0.342 e. The quantitative estimate of drug-likeness (QED) is 0.371. The molecule has 3 heterocycles. The Morgan fingerprint density at radius 1 is 0.914 bits per heavy atom. The number of likely N-dealkylation sites (tertiary alicyclic amines) is 1. The lowest BCUT2D eigenvalue weighted by Gasteiger charge is -2.32. The third-order valence-electron chi connectivity index (χ3n) is 6.60. The van der Waals surface area contributed by atoms with E-state index in [-0.39, 0.29) is 17.4 Å². The fourth-order valence-corrected chi connectivity index (χ4v) is 5.88. The molecule has 4 aromatic rings. The summed E-state index contributed by atoms with van der Waals surface area (Å²) < 4.78 is 16.9. The number of rotatable bonds is 8. The molecule has 1 fully saturated rings. The van der Waals surface area contributed by atoms with Crippen LogP contribution in [0.3, 0.4) is 0 Å². The molecule has 1 aliphatic heterocycles. The minimum absolute atomic E-state index is 0.0144. The van der Waals surface area contributed by atoms with E-state index in [4.69, 9.17) is 0 Å². The van der Waals surface area contributed by atoms with Gasteiger partial charge in [-0.15, -0.1) is 0 Å². The summed E-state index contributed by atoms with van der Waals surface area (Å²) in [6.45, 7) is 1.49. The van der Waals surface area contributed by atoms with Crippen LogP contribution < -0.4 is 0 Å². The Bertz CT molecular complexity index is 1260. The lowest BCUT2D eigenvalue weighted by molar-refractivity contribution is -0.129. The van der Waals surface area contributed by atoms with Gasteiger partial charge in [0.05, 0.1) is 17.6 Å². The van der Waals surface area contributed by atoms with Crippen LogP contribution in [0.4, 0.5) is 0 Å². The first kappa shape index (κ1) is 23.3. The zero-order valence-corrected chi connectivity index (χ0v) is 20.5. The van der Waals surface area contributed by atoms with Crippen LogP contribution in [-0.4, -0.2) is 48.2 Å². The monoisotopic (exact) mass is 486 g/mol. The maximum atomic E-state index is 13.1. The molecule has 0 radical (unpaired) electrons. The van der Waals surface area contributed by atoms with Crippen molar-refractivity contribution in [3.05, 3.63) is 103 Å². The van der Waals surface area contributed by atoms with Crippen LogP contribution in [0.25, 0.3) is 11.5 Å². The molecule has 35 heavy (non-hydrogen) atoms. The van der Waals surface area contributed by atoms with Crippen LogP contribution in [-0.2, 0) is 27.8 Å². The summed E-state index contributed by atoms with van der Waals surface area (Å²) in [7, 11) is -1.32. The van der Waals surface area contributed by atoms with Crippen LogP contribution in [0.5, 0.6) is 0 Å². The summed E-state index contributed by atoms with van der Waals surface area (Å²) >= 11 is 0. The van der Waals surface area contributed by atoms with Crippen molar-refractivity contribution in [1.82, 2.24) is 19.2 Å². The molecule has 0 aliphatic carbocycles. The van der Waals surface area contributed by atoms with Gasteiger partial charge in [0, 0.05) is 41.8 Å². The zero-order valence-electron chi connectivity index (χ0n) is 19.7. The molecule has 0 bridgehead atoms. The first-order chi connectivity index (χ1) is 17.2. The topological polar surface area (TPSA) is 60.1 Å². The number of benzene rings is 2. The fourth-order valence-electron chi connectivity index (χ4n) is 4.77. The molecule has 180 valence electrons. The Labute approximate surface area is 208 Å². The van der Waals surface area contributed by atoms with E-state index in [0.29, 0.717) is 5.92 Å². The molecule has 1 saturated heterocycles. The van der Waals surface area contributed by atoms with E-state index in [1.54, 1.807) is 6.20 Å². The number of carbonyl (C=O) groups is 1. The number of para-hydroxylation sites is 1. The Kier molecular flexibility index (Phi) is 7.23. The van der Waals surface area contributed by atoms with Crippen molar-refractivity contribution >= 4 is 16.7 Å². The molecule has 1 amide bonds. The van der Waals surface area contributed by atoms with Gasteiger partial charge in [-0.1, -0.05) is 48.5 Å². The first-order valence-corrected chi connectivity index (χ1v) is 13.6. The Balaban J connectivity index is 1.21. The lowest BCUT2D eigenvalue weighted by atomic mass is 9.90. The Morgan fingerprint density at radius 2 is 1.57 bits per heavy atom. The molecule has 0 spiro atoms. The molecular formula is C28H30N4O2S. The average Bonchev–Trinajstić information content (AvgIpc) is 3.55. The number of amides is 1. The van der Waals surface area contributed by atoms with Crippen LogP contribution in [0, 0.1) is 5.92 Å². The van der Waals surface area contributed by atoms with E-state index < -0.39 is 10.8 Å². The predicted octanol–water partition coefficient (Wildman–Crippen LogP) is 4.39. The zero-order chi connectivity index (χ0) is 24.0. The van der Waals surface area contributed by atoms with Gasteiger partial charge in [-0.3, -0.25) is 9.00 Å². The number of hydrogen-bond acceptors (Lipinski definition) is 3. The number of hydrogen-bond donors (Lipinski definition) is 0. The van der Waals surface area contributed by atoms with E-state index in [1.165, 1.54) is 5.56 Å². The van der Waals surface area contributed by atoms with Crippen molar-refractivity contribution in [1.29, 1.82) is 0 Å². The maximum Gasteiger partial charge on any atom is 0.235 e. The minimum atomic E-state index is -1.32. The number of piperidine rings is 1. The van der Waals surface area contributed by atoms with Gasteiger partial charge >= 0.3 is 0 Å². The Hall–Kier alpha value is -3.45. The summed E-state index contributed by atoms with van der Waals surface area (Å²) in [6.07, 6.45) is 8.72. The molecule has 7 heteroatoms. The third kappa shape index (κ3) is 5.62. The second-order valence-electron chi connectivity index (χ2n) is 9.07. The summed E-state index contributed by atoms with van der Waals surface area (Å²) in [6, 6.07) is 24.3. The van der Waals surface area contributed by atoms with Crippen molar-refractivity contribution < 1.29 is 9.00 Å². The predicted molar refractivity (Wildman–Crippen MR) is 139 cm³/mol. The molecule has 5 rings (SSSR count). The fraction of sp³-hybridized carbons (Fsp3) is 0.286. The molecular weight excluding hydrogens is 456 g/mol. The summed E-state index contributed by atoms with van der Waals surface area (Å²) in [5.74, 6) is 1.77. The summed E-state index contributed by atoms with van der Waals surface area (Å²) in [5.41, 5.74) is 3.15. The minimum Gasteiger partial charge on any atom is -0.342 e. The second kappa shape index (κ2) is 10.9. The van der Waals surface area contributed by atoms with Crippen molar-refractivity contribution in [3.8, 4) is 11.5 Å². The highest BCUT2D eigenvalue weighted by atomic mass is 32.2. The van der Waals surface area contributed by atoms with E-state index in [1.807, 2.05) is 75.1 Å². The van der Waals surface area contributed by atoms with Crippen LogP contribution in [0.15, 0.2) is 91.4 Å². The van der Waals surface area contributed by atoms with Gasteiger partial charge in [0.25, 0.3) is 0 Å². The highest BCUT2D eigenvalue weighted by molar-refractivity contribution is 7.84. The number of nitrogens with zero attached hydrogens (tertiary/aromatic N) is 4. The van der Waals surface area contributed by atoms with Gasteiger partial charge in [0.2, 0.25) is 5.91 Å². The van der Waals surface area contributed by atoms with Crippen molar-refractivity contribution in [2.45, 2.75) is 25.0 Å². The van der Waals surface area contributed by atoms with Crippen LogP contribution in [0.2, 0.25) is 0 Å². The molecule has 2 aromatic heterocycles. The van der Waals surface area contributed by atoms with Crippen LogP contribution in [0.1, 0.15) is 24.0 Å². The third-order valence-corrected chi connectivity index (χ3v) is 7.80. The first-order valence-electron chi connectivity index (χ1n) is 12.1. The normalized spacial score (nSPS) is 15.3. The number of carbonyl (C=O) groups excluding carboxylic acids is 1. The van der Waals surface area contributed by atoms with Crippen LogP contribution >= 0.6 is 0 Å². The van der Waals surface area contributed by atoms with Gasteiger partial charge < -0.3 is 9.47 Å². The van der Waals surface area contributed by atoms with Gasteiger partial charge in [-0.05, 0) is 55.0 Å². The molecule has 0 saturated carbocycles. The van der Waals surface area contributed by atoms with E-state index >= 15 is 0 Å². The molecule has 1 aliphatic rings. The molecule has 1 atom stereocenters. The van der Waals surface area contributed by atoms with Crippen molar-refractivity contribution in [3.63, 3.8) is 0 Å². The summed E-state index contributed by atoms with van der Waals surface area (Å²) in [4.78, 5) is 14.8. The average molecular weight is 487 g/mol. The maximum absolute atomic E-state index is 13.1. The SMILES string of the molecule is O=C(C[S@@](=O)Cc1cnn(-c2ccccc2)c1-n1cccc1)N1CCC(Cc2ccccc2)CC1. The number of aromatic nitrogens is 3. The van der Waals surface area contributed by atoms with Gasteiger partial charge in [0.1, 0.15) is 11.6 Å². The molecule has 0 unspecified atom stereocenters. The van der Waals surface area contributed by atoms with E-state index in [0.717, 1.165) is 49.4 Å². The Morgan fingerprint density at radius 3 is 2.26 bits per heavy atom. The van der Waals surface area contributed by atoms with E-state index in [9.17, 15) is 9.00 Å². The highest BCUT2D eigenvalue weighted by Crippen LogP contribution is 2.23. The molecule has 2 aromatic carbocycles. The van der Waals surface area contributed by atoms with E-state index in [2.05, 4.69) is 29.4 Å². The van der Waals surface area contributed by atoms with Gasteiger partial charge in [-0.25, -0.2) is 4.68 Å².